The smallest absolute Gasteiger partial charge is 0.356 e. The van der Waals surface area contributed by atoms with E-state index in [1.165, 1.54) is 44.4 Å². The summed E-state index contributed by atoms with van der Waals surface area (Å²) in [5.74, 6) is -2.51. The number of hydrogen-bond acceptors (Lipinski definition) is 9. The highest BCUT2D eigenvalue weighted by atomic mass is 32.2. The van der Waals surface area contributed by atoms with E-state index in [0.717, 1.165) is 6.20 Å². The van der Waals surface area contributed by atoms with Crippen LogP contribution >= 0.6 is 0 Å². The lowest BCUT2D eigenvalue weighted by molar-refractivity contribution is -0.152. The van der Waals surface area contributed by atoms with Gasteiger partial charge < -0.3 is 14.8 Å². The second-order valence-electron chi connectivity index (χ2n) is 8.20. The van der Waals surface area contributed by atoms with Gasteiger partial charge in [0.1, 0.15) is 12.3 Å². The third kappa shape index (κ3) is 7.88. The fraction of sp³-hybridized carbons (Fsp3) is 0.348. The van der Waals surface area contributed by atoms with Crippen molar-refractivity contribution in [3.63, 3.8) is 0 Å². The first-order valence-electron chi connectivity index (χ1n) is 10.5. The summed E-state index contributed by atoms with van der Waals surface area (Å²) in [6.45, 7) is 4.57. The highest BCUT2D eigenvalue weighted by Gasteiger charge is 2.31. The number of rotatable bonds is 10. The van der Waals surface area contributed by atoms with Gasteiger partial charge in [0.05, 0.1) is 23.0 Å². The maximum Gasteiger partial charge on any atom is 0.356 e. The summed E-state index contributed by atoms with van der Waals surface area (Å²) in [5, 5.41) is 2.62. The summed E-state index contributed by atoms with van der Waals surface area (Å²) in [6, 6.07) is 8.42. The van der Waals surface area contributed by atoms with Crippen LogP contribution in [0.15, 0.2) is 47.5 Å². The predicted octanol–water partition coefficient (Wildman–Crippen LogP) is 1.23. The first-order chi connectivity index (χ1) is 16.4. The molecule has 0 aliphatic rings. The van der Waals surface area contributed by atoms with Gasteiger partial charge in [-0.1, -0.05) is 12.1 Å². The number of pyridine rings is 1. The van der Waals surface area contributed by atoms with Crippen LogP contribution in [-0.2, 0) is 35.5 Å². The van der Waals surface area contributed by atoms with Crippen molar-refractivity contribution in [2.45, 2.75) is 32.1 Å². The Kier molecular flexibility index (Phi) is 9.06. The van der Waals surface area contributed by atoms with Gasteiger partial charge in [-0.15, -0.1) is 0 Å². The Labute approximate surface area is 203 Å². The normalized spacial score (nSPS) is 11.3. The Morgan fingerprint density at radius 2 is 1.80 bits per heavy atom. The van der Waals surface area contributed by atoms with Gasteiger partial charge in [-0.05, 0) is 50.1 Å². The van der Waals surface area contributed by atoms with E-state index in [4.69, 9.17) is 4.74 Å². The van der Waals surface area contributed by atoms with Crippen LogP contribution in [0.1, 0.15) is 47.2 Å². The number of esters is 2. The standard InChI is InChI=1S/C23H27N3O8S/c1-15(27)24-11-10-16-6-5-7-18(12-16)35(31,32)26-20(28)17-8-9-19(25-13-17)21(29)34-14-23(2,3)22(30)33-4/h5-9,12-13H,10-11,14H2,1-4H3,(H,24,27)(H,26,28). The summed E-state index contributed by atoms with van der Waals surface area (Å²) in [7, 11) is -2.96. The minimum Gasteiger partial charge on any atom is -0.469 e. The van der Waals surface area contributed by atoms with E-state index >= 15 is 0 Å². The molecule has 0 saturated carbocycles. The number of nitrogens with zero attached hydrogens (tertiary/aromatic N) is 1. The maximum absolute atomic E-state index is 12.7. The fourth-order valence-corrected chi connectivity index (χ4v) is 3.84. The highest BCUT2D eigenvalue weighted by molar-refractivity contribution is 7.90. The summed E-state index contributed by atoms with van der Waals surface area (Å²) < 4.78 is 37.0. The molecule has 2 rings (SSSR count). The van der Waals surface area contributed by atoms with E-state index in [1.54, 1.807) is 19.9 Å². The van der Waals surface area contributed by atoms with E-state index in [2.05, 4.69) is 15.0 Å². The predicted molar refractivity (Wildman–Crippen MR) is 124 cm³/mol. The van der Waals surface area contributed by atoms with Crippen molar-refractivity contribution in [3.8, 4) is 0 Å². The summed E-state index contributed by atoms with van der Waals surface area (Å²) >= 11 is 0. The molecule has 11 nitrogen and oxygen atoms in total. The first kappa shape index (κ1) is 27.4. The average Bonchev–Trinajstić information content (AvgIpc) is 2.81. The molecule has 1 aromatic heterocycles. The largest absolute Gasteiger partial charge is 0.469 e. The zero-order valence-electron chi connectivity index (χ0n) is 19.8. The molecule has 0 atom stereocenters. The molecule has 0 unspecified atom stereocenters. The number of hydrogen-bond donors (Lipinski definition) is 2. The van der Waals surface area contributed by atoms with Gasteiger partial charge >= 0.3 is 11.9 Å². The molecule has 1 heterocycles. The molecule has 12 heteroatoms. The lowest BCUT2D eigenvalue weighted by Crippen LogP contribution is -2.32. The molecule has 35 heavy (non-hydrogen) atoms. The summed E-state index contributed by atoms with van der Waals surface area (Å²) in [5.41, 5.74) is -0.618. The maximum atomic E-state index is 12.7. The number of sulfonamides is 1. The van der Waals surface area contributed by atoms with Crippen LogP contribution in [0.2, 0.25) is 0 Å². The Balaban J connectivity index is 2.03. The minimum atomic E-state index is -4.18. The molecule has 2 N–H and O–H groups in total. The molecule has 2 aromatic rings. The van der Waals surface area contributed by atoms with Gasteiger partial charge in [0, 0.05) is 19.7 Å². The van der Waals surface area contributed by atoms with Crippen LogP contribution in [0.3, 0.4) is 0 Å². The van der Waals surface area contributed by atoms with Gasteiger partial charge in [-0.3, -0.25) is 14.4 Å². The number of aromatic nitrogens is 1. The number of carbonyl (C=O) groups is 4. The lowest BCUT2D eigenvalue weighted by atomic mass is 9.95. The highest BCUT2D eigenvalue weighted by Crippen LogP contribution is 2.18. The van der Waals surface area contributed by atoms with Crippen LogP contribution in [0.5, 0.6) is 0 Å². The third-order valence-corrected chi connectivity index (χ3v) is 6.09. The van der Waals surface area contributed by atoms with Crippen LogP contribution in [-0.4, -0.2) is 57.4 Å². The monoisotopic (exact) mass is 505 g/mol. The van der Waals surface area contributed by atoms with E-state index in [1.807, 2.05) is 4.72 Å². The van der Waals surface area contributed by atoms with Crippen molar-refractivity contribution < 1.29 is 37.1 Å². The summed E-state index contributed by atoms with van der Waals surface area (Å²) in [6.07, 6.45) is 1.45. The zero-order valence-corrected chi connectivity index (χ0v) is 20.6. The quantitative estimate of drug-likeness (QED) is 0.453. The topological polar surface area (TPSA) is 158 Å². The molecule has 0 fully saturated rings. The van der Waals surface area contributed by atoms with E-state index in [-0.39, 0.29) is 28.7 Å². The van der Waals surface area contributed by atoms with Crippen molar-refractivity contribution in [3.05, 3.63) is 59.4 Å². The number of benzene rings is 1. The first-order valence-corrected chi connectivity index (χ1v) is 12.0. The van der Waals surface area contributed by atoms with E-state index < -0.39 is 33.3 Å². The number of nitrogens with one attached hydrogen (secondary N) is 2. The number of carbonyl (C=O) groups excluding carboxylic acids is 4. The van der Waals surface area contributed by atoms with Crippen LogP contribution in [0, 0.1) is 5.41 Å². The third-order valence-electron chi connectivity index (χ3n) is 4.76. The number of amides is 2. The molecule has 188 valence electrons. The van der Waals surface area contributed by atoms with E-state index in [0.29, 0.717) is 18.5 Å². The second kappa shape index (κ2) is 11.6. The van der Waals surface area contributed by atoms with E-state index in [9.17, 15) is 27.6 Å². The Bertz CT molecular complexity index is 1210. The molecule has 0 spiro atoms. The van der Waals surface area contributed by atoms with Gasteiger partial charge in [-0.25, -0.2) is 22.9 Å². The van der Waals surface area contributed by atoms with Gasteiger partial charge in [0.25, 0.3) is 15.9 Å². The van der Waals surface area contributed by atoms with Crippen molar-refractivity contribution in [2.24, 2.45) is 5.41 Å². The minimum absolute atomic E-state index is 0.0955. The Hall–Kier alpha value is -3.80. The van der Waals surface area contributed by atoms with Crippen LogP contribution < -0.4 is 10.0 Å². The Morgan fingerprint density at radius 3 is 2.40 bits per heavy atom. The van der Waals surface area contributed by atoms with Crippen molar-refractivity contribution in [1.29, 1.82) is 0 Å². The fourth-order valence-electron chi connectivity index (χ4n) is 2.79. The molecule has 0 radical (unpaired) electrons. The van der Waals surface area contributed by atoms with Crippen molar-refractivity contribution in [2.75, 3.05) is 20.3 Å². The summed E-state index contributed by atoms with van der Waals surface area (Å²) in [4.78, 5) is 51.0. The average molecular weight is 506 g/mol. The molecular formula is C23H27N3O8S. The molecule has 1 aromatic carbocycles. The van der Waals surface area contributed by atoms with Gasteiger partial charge in [-0.2, -0.15) is 0 Å². The zero-order chi connectivity index (χ0) is 26.2. The molecule has 0 bridgehead atoms. The SMILES string of the molecule is COC(=O)C(C)(C)COC(=O)c1ccc(C(=O)NS(=O)(=O)c2cccc(CCNC(C)=O)c2)cn1. The Morgan fingerprint density at radius 1 is 1.09 bits per heavy atom. The van der Waals surface area contributed by atoms with Crippen molar-refractivity contribution in [1.82, 2.24) is 15.0 Å². The number of methoxy groups -OCH3 is 1. The van der Waals surface area contributed by atoms with Crippen molar-refractivity contribution >= 4 is 33.8 Å². The van der Waals surface area contributed by atoms with Crippen LogP contribution in [0.25, 0.3) is 0 Å². The van der Waals surface area contributed by atoms with Crippen LogP contribution in [0.4, 0.5) is 0 Å². The second-order valence-corrected chi connectivity index (χ2v) is 9.88. The lowest BCUT2D eigenvalue weighted by Gasteiger charge is -2.20. The molecule has 2 amide bonds. The van der Waals surface area contributed by atoms with Gasteiger partial charge in [0.2, 0.25) is 5.91 Å². The molecule has 0 aliphatic heterocycles. The molecular weight excluding hydrogens is 478 g/mol. The van der Waals surface area contributed by atoms with Gasteiger partial charge in [0.15, 0.2) is 0 Å². The number of ether oxygens (including phenoxy) is 2. The molecule has 0 saturated heterocycles. The molecule has 0 aliphatic carbocycles.